The highest BCUT2D eigenvalue weighted by atomic mass is 35.5. The lowest BCUT2D eigenvalue weighted by Gasteiger charge is -2.06. The minimum Gasteiger partial charge on any atom is -0.348 e. The summed E-state index contributed by atoms with van der Waals surface area (Å²) in [5, 5.41) is 13.6. The van der Waals surface area contributed by atoms with Crippen LogP contribution < -0.4 is 5.32 Å². The van der Waals surface area contributed by atoms with Crippen molar-refractivity contribution in [2.75, 3.05) is 0 Å². The van der Waals surface area contributed by atoms with Crippen LogP contribution in [0.4, 0.5) is 10.1 Å². The van der Waals surface area contributed by atoms with E-state index in [0.29, 0.717) is 11.1 Å². The number of hydrogen-bond donors (Lipinski definition) is 1. The Morgan fingerprint density at radius 2 is 2.05 bits per heavy atom. The Morgan fingerprint density at radius 1 is 1.29 bits per heavy atom. The topological polar surface area (TPSA) is 72.2 Å². The molecule has 21 heavy (non-hydrogen) atoms. The van der Waals surface area contributed by atoms with Gasteiger partial charge in [-0.2, -0.15) is 0 Å². The summed E-state index contributed by atoms with van der Waals surface area (Å²) in [5.74, 6) is -1.59. The van der Waals surface area contributed by atoms with Gasteiger partial charge in [0.25, 0.3) is 11.6 Å². The average Bonchev–Trinajstić information content (AvgIpc) is 2.44. The van der Waals surface area contributed by atoms with Crippen LogP contribution in [0.1, 0.15) is 15.9 Å². The fourth-order valence-corrected chi connectivity index (χ4v) is 1.94. The standard InChI is InChI=1S/C14H10ClFN2O3/c15-10-3-1-2-9(6-10)8-17-14(19)12-5-4-11(18(20)21)7-13(12)16/h1-7H,8H2,(H,17,19). The predicted molar refractivity (Wildman–Crippen MR) is 75.7 cm³/mol. The fraction of sp³-hybridized carbons (Fsp3) is 0.0714. The predicted octanol–water partition coefficient (Wildman–Crippen LogP) is 3.32. The molecule has 0 aliphatic carbocycles. The molecule has 0 spiro atoms. The molecule has 1 N–H and O–H groups in total. The van der Waals surface area contributed by atoms with Crippen LogP contribution in [0.25, 0.3) is 0 Å². The monoisotopic (exact) mass is 308 g/mol. The minimum atomic E-state index is -0.937. The molecule has 0 unspecified atom stereocenters. The van der Waals surface area contributed by atoms with E-state index in [0.717, 1.165) is 17.7 Å². The van der Waals surface area contributed by atoms with Crippen molar-refractivity contribution in [3.63, 3.8) is 0 Å². The molecule has 0 bridgehead atoms. The van der Waals surface area contributed by atoms with Crippen LogP contribution in [-0.2, 0) is 6.54 Å². The first-order valence-corrected chi connectivity index (χ1v) is 6.32. The summed E-state index contributed by atoms with van der Waals surface area (Å²) < 4.78 is 13.7. The molecule has 0 saturated heterocycles. The largest absolute Gasteiger partial charge is 0.348 e. The lowest BCUT2D eigenvalue weighted by atomic mass is 10.1. The van der Waals surface area contributed by atoms with Crippen LogP contribution in [0.5, 0.6) is 0 Å². The number of hydrogen-bond acceptors (Lipinski definition) is 3. The van der Waals surface area contributed by atoms with Crippen LogP contribution in [0.2, 0.25) is 5.02 Å². The fourth-order valence-electron chi connectivity index (χ4n) is 1.73. The van der Waals surface area contributed by atoms with Gasteiger partial charge >= 0.3 is 0 Å². The highest BCUT2D eigenvalue weighted by Gasteiger charge is 2.15. The van der Waals surface area contributed by atoms with Crippen molar-refractivity contribution < 1.29 is 14.1 Å². The third kappa shape index (κ3) is 3.76. The van der Waals surface area contributed by atoms with Gasteiger partial charge in [0.2, 0.25) is 0 Å². The van der Waals surface area contributed by atoms with Crippen LogP contribution in [-0.4, -0.2) is 10.8 Å². The summed E-state index contributed by atoms with van der Waals surface area (Å²) in [4.78, 5) is 21.6. The molecule has 0 fully saturated rings. The van der Waals surface area contributed by atoms with Crippen molar-refractivity contribution in [2.45, 2.75) is 6.54 Å². The molecule has 0 heterocycles. The molecule has 2 aromatic rings. The number of carbonyl (C=O) groups excluding carboxylic acids is 1. The molecule has 0 aliphatic rings. The summed E-state index contributed by atoms with van der Waals surface area (Å²) in [5.41, 5.74) is 0.111. The van der Waals surface area contributed by atoms with Crippen molar-refractivity contribution >= 4 is 23.2 Å². The first-order chi connectivity index (χ1) is 9.97. The second-order valence-electron chi connectivity index (χ2n) is 4.23. The Morgan fingerprint density at radius 3 is 2.67 bits per heavy atom. The Hall–Kier alpha value is -2.47. The Labute approximate surface area is 124 Å². The summed E-state index contributed by atoms with van der Waals surface area (Å²) >= 11 is 5.81. The number of benzene rings is 2. The summed E-state index contributed by atoms with van der Waals surface area (Å²) in [6, 6.07) is 9.75. The molecular formula is C14H10ClFN2O3. The van der Waals surface area contributed by atoms with Crippen molar-refractivity contribution in [1.82, 2.24) is 5.32 Å². The van der Waals surface area contributed by atoms with Crippen molar-refractivity contribution in [2.24, 2.45) is 0 Å². The number of nitro groups is 1. The summed E-state index contributed by atoms with van der Waals surface area (Å²) in [6.07, 6.45) is 0. The van der Waals surface area contributed by atoms with Crippen molar-refractivity contribution in [3.8, 4) is 0 Å². The summed E-state index contributed by atoms with van der Waals surface area (Å²) in [6.45, 7) is 0.176. The Balaban J connectivity index is 2.08. The van der Waals surface area contributed by atoms with E-state index < -0.39 is 22.3 Å². The van der Waals surface area contributed by atoms with Crippen LogP contribution in [0.15, 0.2) is 42.5 Å². The maximum Gasteiger partial charge on any atom is 0.272 e. The Bertz CT molecular complexity index is 706. The SMILES string of the molecule is O=C(NCc1cccc(Cl)c1)c1ccc([N+](=O)[O-])cc1F. The van der Waals surface area contributed by atoms with Crippen LogP contribution in [0, 0.1) is 15.9 Å². The number of nitro benzene ring substituents is 1. The number of halogens is 2. The molecule has 0 saturated carbocycles. The maximum atomic E-state index is 13.7. The number of nitrogens with zero attached hydrogens (tertiary/aromatic N) is 1. The molecule has 0 radical (unpaired) electrons. The smallest absolute Gasteiger partial charge is 0.272 e. The third-order valence-electron chi connectivity index (χ3n) is 2.75. The van der Waals surface area contributed by atoms with Gasteiger partial charge in [-0.1, -0.05) is 23.7 Å². The van der Waals surface area contributed by atoms with Gasteiger partial charge in [0.05, 0.1) is 16.6 Å². The second-order valence-corrected chi connectivity index (χ2v) is 4.67. The van der Waals surface area contributed by atoms with Gasteiger partial charge in [0.1, 0.15) is 5.82 Å². The van der Waals surface area contributed by atoms with Gasteiger partial charge in [0, 0.05) is 17.6 Å². The molecule has 5 nitrogen and oxygen atoms in total. The van der Waals surface area contributed by atoms with E-state index in [2.05, 4.69) is 5.32 Å². The zero-order chi connectivity index (χ0) is 15.4. The molecule has 7 heteroatoms. The molecule has 108 valence electrons. The molecule has 0 atom stereocenters. The van der Waals surface area contributed by atoms with Crippen molar-refractivity contribution in [1.29, 1.82) is 0 Å². The van der Waals surface area contributed by atoms with E-state index in [9.17, 15) is 19.3 Å². The van der Waals surface area contributed by atoms with Gasteiger partial charge in [-0.3, -0.25) is 14.9 Å². The Kier molecular flexibility index (Phi) is 4.49. The first kappa shape index (κ1) is 14.9. The molecule has 0 aromatic heterocycles. The van der Waals surface area contributed by atoms with Gasteiger partial charge < -0.3 is 5.32 Å². The zero-order valence-electron chi connectivity index (χ0n) is 10.7. The van der Waals surface area contributed by atoms with E-state index in [1.807, 2.05) is 0 Å². The van der Waals surface area contributed by atoms with E-state index in [-0.39, 0.29) is 12.1 Å². The molecule has 1 amide bonds. The van der Waals surface area contributed by atoms with E-state index in [1.165, 1.54) is 0 Å². The molecule has 2 rings (SSSR count). The minimum absolute atomic E-state index is 0.176. The van der Waals surface area contributed by atoms with Gasteiger partial charge in [-0.15, -0.1) is 0 Å². The quantitative estimate of drug-likeness (QED) is 0.695. The number of non-ortho nitro benzene ring substituents is 1. The average molecular weight is 309 g/mol. The van der Waals surface area contributed by atoms with Gasteiger partial charge in [0.15, 0.2) is 0 Å². The van der Waals surface area contributed by atoms with Gasteiger partial charge in [-0.05, 0) is 23.8 Å². The van der Waals surface area contributed by atoms with Gasteiger partial charge in [-0.25, -0.2) is 4.39 Å². The van der Waals surface area contributed by atoms with Crippen LogP contribution >= 0.6 is 11.6 Å². The van der Waals surface area contributed by atoms with E-state index >= 15 is 0 Å². The second kappa shape index (κ2) is 6.32. The lowest BCUT2D eigenvalue weighted by Crippen LogP contribution is -2.23. The van der Waals surface area contributed by atoms with Crippen molar-refractivity contribution in [3.05, 3.63) is 74.5 Å². The molecular weight excluding hydrogens is 299 g/mol. The lowest BCUT2D eigenvalue weighted by molar-refractivity contribution is -0.385. The highest BCUT2D eigenvalue weighted by molar-refractivity contribution is 6.30. The number of carbonyl (C=O) groups is 1. The number of rotatable bonds is 4. The summed E-state index contributed by atoms with van der Waals surface area (Å²) in [7, 11) is 0. The van der Waals surface area contributed by atoms with E-state index in [4.69, 9.17) is 11.6 Å². The molecule has 0 aliphatic heterocycles. The maximum absolute atomic E-state index is 13.7. The number of amides is 1. The van der Waals surface area contributed by atoms with Crippen LogP contribution in [0.3, 0.4) is 0 Å². The highest BCUT2D eigenvalue weighted by Crippen LogP contribution is 2.17. The number of nitrogens with one attached hydrogen (secondary N) is 1. The zero-order valence-corrected chi connectivity index (χ0v) is 11.4. The normalized spacial score (nSPS) is 10.2. The van der Waals surface area contributed by atoms with E-state index in [1.54, 1.807) is 24.3 Å². The third-order valence-corrected chi connectivity index (χ3v) is 2.99. The molecule has 2 aromatic carbocycles. The first-order valence-electron chi connectivity index (χ1n) is 5.94.